The van der Waals surface area contributed by atoms with E-state index < -0.39 is 12.3 Å². The number of rotatable bonds is 0. The summed E-state index contributed by atoms with van der Waals surface area (Å²) in [5.74, 6) is 0.240. The van der Waals surface area contributed by atoms with Crippen molar-refractivity contribution in [2.45, 2.75) is 38.5 Å². The molecule has 0 spiro atoms. The van der Waals surface area contributed by atoms with Crippen molar-refractivity contribution in [3.8, 4) is 0 Å². The fourth-order valence-electron chi connectivity index (χ4n) is 1.44. The van der Waals surface area contributed by atoms with E-state index in [1.54, 1.807) is 0 Å². The van der Waals surface area contributed by atoms with Crippen molar-refractivity contribution in [3.05, 3.63) is 0 Å². The van der Waals surface area contributed by atoms with Gasteiger partial charge in [0.05, 0.1) is 0 Å². The highest BCUT2D eigenvalue weighted by atomic mass is 19.1. The molecule has 2 heteroatoms. The van der Waals surface area contributed by atoms with Gasteiger partial charge in [0.1, 0.15) is 12.3 Å². The SMILES string of the molecule is CC1CC(F)CC(F)C1. The standard InChI is InChI=1S/C7H12F2/c1-5-2-6(8)4-7(9)3-5/h5-7H,2-4H2,1H3. The molecule has 2 atom stereocenters. The number of alkyl halides is 2. The van der Waals surface area contributed by atoms with Gasteiger partial charge in [-0.25, -0.2) is 8.78 Å². The maximum absolute atomic E-state index is 12.4. The predicted octanol–water partition coefficient (Wildman–Crippen LogP) is 2.48. The third-order valence-electron chi connectivity index (χ3n) is 1.83. The Morgan fingerprint density at radius 1 is 1.00 bits per heavy atom. The van der Waals surface area contributed by atoms with Gasteiger partial charge in [-0.2, -0.15) is 0 Å². The molecule has 54 valence electrons. The first kappa shape index (κ1) is 6.97. The van der Waals surface area contributed by atoms with E-state index in [2.05, 4.69) is 0 Å². The molecule has 0 amide bonds. The van der Waals surface area contributed by atoms with Gasteiger partial charge in [0, 0.05) is 6.42 Å². The maximum atomic E-state index is 12.4. The highest BCUT2D eigenvalue weighted by Crippen LogP contribution is 2.27. The monoisotopic (exact) mass is 134 g/mol. The second-order valence-electron chi connectivity index (χ2n) is 3.01. The number of hydrogen-bond acceptors (Lipinski definition) is 0. The molecule has 0 aliphatic heterocycles. The minimum atomic E-state index is -0.885. The molecule has 1 fully saturated rings. The molecule has 1 saturated carbocycles. The van der Waals surface area contributed by atoms with E-state index in [0.717, 1.165) is 0 Å². The largest absolute Gasteiger partial charge is 0.247 e. The Bertz CT molecular complexity index is 67.9. The molecule has 0 aromatic heterocycles. The normalized spacial score (nSPS) is 45.0. The van der Waals surface area contributed by atoms with Crippen molar-refractivity contribution in [3.63, 3.8) is 0 Å². The van der Waals surface area contributed by atoms with Crippen LogP contribution >= 0.6 is 0 Å². The minimum absolute atomic E-state index is 0.129. The Morgan fingerprint density at radius 2 is 1.44 bits per heavy atom. The average molecular weight is 134 g/mol. The Kier molecular flexibility index (Phi) is 2.04. The third-order valence-corrected chi connectivity index (χ3v) is 1.83. The van der Waals surface area contributed by atoms with Crippen LogP contribution in [-0.4, -0.2) is 12.3 Å². The lowest BCUT2D eigenvalue weighted by Crippen LogP contribution is -2.22. The van der Waals surface area contributed by atoms with Gasteiger partial charge in [0.15, 0.2) is 0 Å². The van der Waals surface area contributed by atoms with Crippen LogP contribution in [0.25, 0.3) is 0 Å². The smallest absolute Gasteiger partial charge is 0.103 e. The van der Waals surface area contributed by atoms with Crippen molar-refractivity contribution in [2.24, 2.45) is 5.92 Å². The van der Waals surface area contributed by atoms with Gasteiger partial charge in [-0.05, 0) is 18.8 Å². The lowest BCUT2D eigenvalue weighted by molar-refractivity contribution is 0.123. The fraction of sp³-hybridized carbons (Fsp3) is 1.00. The summed E-state index contributed by atoms with van der Waals surface area (Å²) in [6.45, 7) is 1.90. The van der Waals surface area contributed by atoms with Crippen molar-refractivity contribution in [1.29, 1.82) is 0 Å². The van der Waals surface area contributed by atoms with Crippen molar-refractivity contribution >= 4 is 0 Å². The molecule has 0 saturated heterocycles. The third kappa shape index (κ3) is 1.92. The van der Waals surface area contributed by atoms with E-state index in [-0.39, 0.29) is 12.3 Å². The molecule has 1 aliphatic carbocycles. The summed E-state index contributed by atoms with van der Waals surface area (Å²) in [4.78, 5) is 0. The summed E-state index contributed by atoms with van der Waals surface area (Å²) in [7, 11) is 0. The molecule has 2 unspecified atom stereocenters. The predicted molar refractivity (Wildman–Crippen MR) is 32.8 cm³/mol. The summed E-state index contributed by atoms with van der Waals surface area (Å²) >= 11 is 0. The molecule has 0 bridgehead atoms. The molecule has 0 aromatic carbocycles. The zero-order valence-corrected chi connectivity index (χ0v) is 5.61. The summed E-state index contributed by atoms with van der Waals surface area (Å²) in [6.07, 6.45) is -0.530. The quantitative estimate of drug-likeness (QED) is 0.477. The van der Waals surface area contributed by atoms with Gasteiger partial charge in [-0.3, -0.25) is 0 Å². The number of halogens is 2. The van der Waals surface area contributed by atoms with Crippen LogP contribution in [0.1, 0.15) is 26.2 Å². The second-order valence-corrected chi connectivity index (χ2v) is 3.01. The van der Waals surface area contributed by atoms with Crippen LogP contribution < -0.4 is 0 Å². The van der Waals surface area contributed by atoms with E-state index in [4.69, 9.17) is 0 Å². The average Bonchev–Trinajstić information content (AvgIpc) is 1.59. The first-order valence-electron chi connectivity index (χ1n) is 3.46. The molecule has 0 nitrogen and oxygen atoms in total. The summed E-state index contributed by atoms with van der Waals surface area (Å²) in [6, 6.07) is 0. The van der Waals surface area contributed by atoms with E-state index in [1.807, 2.05) is 6.92 Å². The van der Waals surface area contributed by atoms with Crippen LogP contribution in [0.4, 0.5) is 8.78 Å². The molecule has 0 aromatic rings. The zero-order chi connectivity index (χ0) is 6.85. The maximum Gasteiger partial charge on any atom is 0.103 e. The minimum Gasteiger partial charge on any atom is -0.247 e. The highest BCUT2D eigenvalue weighted by Gasteiger charge is 2.25. The second kappa shape index (κ2) is 2.63. The molecule has 0 heterocycles. The van der Waals surface area contributed by atoms with E-state index in [1.165, 1.54) is 0 Å². The highest BCUT2D eigenvalue weighted by molar-refractivity contribution is 4.75. The molecular formula is C7H12F2. The van der Waals surface area contributed by atoms with Crippen molar-refractivity contribution in [2.75, 3.05) is 0 Å². The molecule has 0 N–H and O–H groups in total. The molecule has 1 aliphatic rings. The van der Waals surface area contributed by atoms with Gasteiger partial charge in [-0.15, -0.1) is 0 Å². The molecule has 0 radical (unpaired) electrons. The van der Waals surface area contributed by atoms with Gasteiger partial charge in [-0.1, -0.05) is 6.92 Å². The number of hydrogen-bond donors (Lipinski definition) is 0. The van der Waals surface area contributed by atoms with Crippen LogP contribution in [0.15, 0.2) is 0 Å². The van der Waals surface area contributed by atoms with Gasteiger partial charge >= 0.3 is 0 Å². The zero-order valence-electron chi connectivity index (χ0n) is 5.61. The van der Waals surface area contributed by atoms with Crippen LogP contribution in [0.2, 0.25) is 0 Å². The fourth-order valence-corrected chi connectivity index (χ4v) is 1.44. The van der Waals surface area contributed by atoms with Crippen LogP contribution in [0.3, 0.4) is 0 Å². The lowest BCUT2D eigenvalue weighted by Gasteiger charge is -2.23. The Balaban J connectivity index is 2.34. The first-order chi connectivity index (χ1) is 4.18. The van der Waals surface area contributed by atoms with Gasteiger partial charge < -0.3 is 0 Å². The molecule has 9 heavy (non-hydrogen) atoms. The van der Waals surface area contributed by atoms with Crippen LogP contribution in [0, 0.1) is 5.92 Å². The van der Waals surface area contributed by atoms with Gasteiger partial charge in [0.25, 0.3) is 0 Å². The van der Waals surface area contributed by atoms with E-state index in [9.17, 15) is 8.78 Å². The van der Waals surface area contributed by atoms with Gasteiger partial charge in [0.2, 0.25) is 0 Å². The summed E-state index contributed by atoms with van der Waals surface area (Å²) < 4.78 is 24.9. The van der Waals surface area contributed by atoms with Crippen molar-refractivity contribution < 1.29 is 8.78 Å². The lowest BCUT2D eigenvalue weighted by atomic mass is 9.88. The van der Waals surface area contributed by atoms with E-state index in [0.29, 0.717) is 12.8 Å². The van der Waals surface area contributed by atoms with Crippen LogP contribution in [0.5, 0.6) is 0 Å². The molecular weight excluding hydrogens is 122 g/mol. The summed E-state index contributed by atoms with van der Waals surface area (Å²) in [5, 5.41) is 0. The Labute approximate surface area is 54.3 Å². The van der Waals surface area contributed by atoms with Crippen molar-refractivity contribution in [1.82, 2.24) is 0 Å². The van der Waals surface area contributed by atoms with Crippen LogP contribution in [-0.2, 0) is 0 Å². The summed E-state index contributed by atoms with van der Waals surface area (Å²) in [5.41, 5.74) is 0. The Hall–Kier alpha value is -0.140. The Morgan fingerprint density at radius 3 is 1.78 bits per heavy atom. The van der Waals surface area contributed by atoms with E-state index >= 15 is 0 Å². The first-order valence-corrected chi connectivity index (χ1v) is 3.46. The topological polar surface area (TPSA) is 0 Å². The molecule has 1 rings (SSSR count).